The Morgan fingerprint density at radius 2 is 2.00 bits per heavy atom. The summed E-state index contributed by atoms with van der Waals surface area (Å²) in [6.07, 6.45) is 4.53. The summed E-state index contributed by atoms with van der Waals surface area (Å²) in [5, 5.41) is 0. The monoisotopic (exact) mass is 380 g/mol. The summed E-state index contributed by atoms with van der Waals surface area (Å²) in [4.78, 5) is 23.5. The first-order chi connectivity index (χ1) is 13.7. The molecule has 0 saturated carbocycles. The van der Waals surface area contributed by atoms with Gasteiger partial charge in [0.05, 0.1) is 24.3 Å². The summed E-state index contributed by atoms with van der Waals surface area (Å²) in [7, 11) is 1.62. The second-order valence-corrected chi connectivity index (χ2v) is 6.87. The number of carbonyl (C=O) groups excluding carboxylic acids is 1. The van der Waals surface area contributed by atoms with Crippen LogP contribution in [0.25, 0.3) is 11.0 Å². The molecule has 28 heavy (non-hydrogen) atoms. The van der Waals surface area contributed by atoms with E-state index in [2.05, 4.69) is 16.5 Å². The molecule has 0 radical (unpaired) electrons. The Morgan fingerprint density at radius 3 is 2.75 bits per heavy atom. The van der Waals surface area contributed by atoms with Crippen molar-refractivity contribution in [3.8, 4) is 11.5 Å². The van der Waals surface area contributed by atoms with E-state index >= 15 is 0 Å². The number of aryl methyl sites for hydroxylation is 1. The molecule has 1 unspecified atom stereocenters. The average molecular weight is 380 g/mol. The van der Waals surface area contributed by atoms with Crippen LogP contribution in [0.1, 0.15) is 25.1 Å². The maximum Gasteiger partial charge on any atom is 0.260 e. The highest BCUT2D eigenvalue weighted by atomic mass is 16.5. The Balaban J connectivity index is 1.40. The lowest BCUT2D eigenvalue weighted by Gasteiger charge is -2.17. The van der Waals surface area contributed by atoms with Gasteiger partial charge >= 0.3 is 0 Å². The molecule has 1 amide bonds. The maximum absolute atomic E-state index is 12.6. The molecule has 1 saturated heterocycles. The van der Waals surface area contributed by atoms with E-state index in [1.54, 1.807) is 25.4 Å². The third kappa shape index (κ3) is 3.52. The molecule has 4 rings (SSSR count). The normalized spacial score (nSPS) is 16.5. The molecular weight excluding hydrogens is 356 g/mol. The Morgan fingerprint density at radius 1 is 1.21 bits per heavy atom. The number of methoxy groups -OCH3 is 1. The second kappa shape index (κ2) is 7.88. The van der Waals surface area contributed by atoms with E-state index in [9.17, 15) is 4.79 Å². The van der Waals surface area contributed by atoms with E-state index in [1.165, 1.54) is 0 Å². The van der Waals surface area contributed by atoms with Crippen molar-refractivity contribution in [1.29, 1.82) is 0 Å². The summed E-state index contributed by atoms with van der Waals surface area (Å²) < 4.78 is 13.0. The van der Waals surface area contributed by atoms with Crippen LogP contribution in [0, 0.1) is 0 Å². The van der Waals surface area contributed by atoms with Crippen molar-refractivity contribution in [1.82, 2.24) is 19.4 Å². The van der Waals surface area contributed by atoms with Crippen LogP contribution >= 0.6 is 0 Å². The lowest BCUT2D eigenvalue weighted by atomic mass is 10.1. The summed E-state index contributed by atoms with van der Waals surface area (Å²) in [6.45, 7) is 4.37. The molecule has 2 aromatic heterocycles. The Labute approximate surface area is 163 Å². The number of amides is 1. The number of hydrogen-bond acceptors (Lipinski definition) is 5. The third-order valence-electron chi connectivity index (χ3n) is 5.22. The maximum atomic E-state index is 12.6. The molecule has 0 N–H and O–H groups in total. The van der Waals surface area contributed by atoms with Crippen molar-refractivity contribution in [3.63, 3.8) is 0 Å². The molecule has 3 aromatic rings. The van der Waals surface area contributed by atoms with Gasteiger partial charge in [-0.15, -0.1) is 0 Å². The number of benzene rings is 1. The summed E-state index contributed by atoms with van der Waals surface area (Å²) in [6, 6.07) is 9.17. The van der Waals surface area contributed by atoms with Gasteiger partial charge in [0.1, 0.15) is 17.3 Å². The van der Waals surface area contributed by atoms with Crippen molar-refractivity contribution in [2.75, 3.05) is 26.8 Å². The predicted molar refractivity (Wildman–Crippen MR) is 106 cm³/mol. The Bertz CT molecular complexity index is 967. The summed E-state index contributed by atoms with van der Waals surface area (Å²) >= 11 is 0. The van der Waals surface area contributed by atoms with Crippen LogP contribution in [0.15, 0.2) is 42.7 Å². The van der Waals surface area contributed by atoms with Gasteiger partial charge in [-0.2, -0.15) is 0 Å². The van der Waals surface area contributed by atoms with Gasteiger partial charge < -0.3 is 18.9 Å². The molecule has 7 nitrogen and oxygen atoms in total. The minimum Gasteiger partial charge on any atom is -0.497 e. The van der Waals surface area contributed by atoms with Crippen LogP contribution < -0.4 is 9.47 Å². The number of nitrogens with zero attached hydrogens (tertiary/aromatic N) is 4. The molecule has 0 aliphatic carbocycles. The highest BCUT2D eigenvalue weighted by Crippen LogP contribution is 2.29. The van der Waals surface area contributed by atoms with Crippen molar-refractivity contribution >= 4 is 16.9 Å². The fourth-order valence-electron chi connectivity index (χ4n) is 3.74. The Kier molecular flexibility index (Phi) is 5.14. The van der Waals surface area contributed by atoms with Gasteiger partial charge in [-0.1, -0.05) is 0 Å². The third-order valence-corrected chi connectivity index (χ3v) is 5.22. The quantitative estimate of drug-likeness (QED) is 0.658. The zero-order valence-corrected chi connectivity index (χ0v) is 16.2. The van der Waals surface area contributed by atoms with Crippen LogP contribution in [-0.2, 0) is 11.3 Å². The topological polar surface area (TPSA) is 69.5 Å². The predicted octanol–water partition coefficient (Wildman–Crippen LogP) is 2.85. The molecule has 1 aromatic carbocycles. The van der Waals surface area contributed by atoms with Crippen molar-refractivity contribution in [2.24, 2.45) is 0 Å². The average Bonchev–Trinajstić information content (AvgIpc) is 3.36. The largest absolute Gasteiger partial charge is 0.497 e. The number of fused-ring (bicyclic) bond motifs is 1. The van der Waals surface area contributed by atoms with E-state index in [-0.39, 0.29) is 18.4 Å². The fourth-order valence-corrected chi connectivity index (χ4v) is 3.74. The van der Waals surface area contributed by atoms with Gasteiger partial charge in [-0.25, -0.2) is 4.98 Å². The summed E-state index contributed by atoms with van der Waals surface area (Å²) in [5.41, 5.74) is 2.01. The highest BCUT2D eigenvalue weighted by Gasteiger charge is 2.30. The molecule has 1 aliphatic rings. The lowest BCUT2D eigenvalue weighted by molar-refractivity contribution is -0.132. The fraction of sp³-hybridized carbons (Fsp3) is 0.381. The van der Waals surface area contributed by atoms with Crippen LogP contribution in [0.3, 0.4) is 0 Å². The number of rotatable bonds is 6. The molecule has 3 heterocycles. The molecule has 1 aliphatic heterocycles. The minimum absolute atomic E-state index is 0.000792. The number of imidazole rings is 1. The van der Waals surface area contributed by atoms with Gasteiger partial charge in [0.2, 0.25) is 0 Å². The Hall–Kier alpha value is -3.09. The number of pyridine rings is 1. The molecule has 0 bridgehead atoms. The highest BCUT2D eigenvalue weighted by molar-refractivity contribution is 5.78. The van der Waals surface area contributed by atoms with Gasteiger partial charge in [-0.05, 0) is 43.7 Å². The standard InChI is InChI=1S/C21H24N4O3/c1-3-25-19-12-22-10-8-18(19)23-21(25)15-9-11-24(13-15)20(26)14-28-17-6-4-16(27-2)5-7-17/h4-8,10,12,15H,3,9,11,13-14H2,1-2H3. The molecule has 146 valence electrons. The first-order valence-corrected chi connectivity index (χ1v) is 9.54. The first kappa shape index (κ1) is 18.3. The SMILES string of the molecule is CCn1c(C2CCN(C(=O)COc3ccc(OC)cc3)C2)nc2ccncc21. The lowest BCUT2D eigenvalue weighted by Crippen LogP contribution is -2.33. The molecule has 0 spiro atoms. The van der Waals surface area contributed by atoms with E-state index in [1.807, 2.05) is 29.3 Å². The number of hydrogen-bond donors (Lipinski definition) is 0. The van der Waals surface area contributed by atoms with Gasteiger partial charge in [-0.3, -0.25) is 9.78 Å². The molecule has 1 fully saturated rings. The number of ether oxygens (including phenoxy) is 2. The number of aromatic nitrogens is 3. The smallest absolute Gasteiger partial charge is 0.260 e. The second-order valence-electron chi connectivity index (χ2n) is 6.87. The number of likely N-dealkylation sites (tertiary alicyclic amines) is 1. The van der Waals surface area contributed by atoms with Crippen molar-refractivity contribution in [3.05, 3.63) is 48.5 Å². The zero-order chi connectivity index (χ0) is 19.5. The first-order valence-electron chi connectivity index (χ1n) is 9.54. The zero-order valence-electron chi connectivity index (χ0n) is 16.2. The van der Waals surface area contributed by atoms with Gasteiger partial charge in [0.15, 0.2) is 6.61 Å². The molecule has 1 atom stereocenters. The van der Waals surface area contributed by atoms with E-state index in [0.717, 1.165) is 42.1 Å². The van der Waals surface area contributed by atoms with Gasteiger partial charge in [0, 0.05) is 31.7 Å². The minimum atomic E-state index is -0.000792. The van der Waals surface area contributed by atoms with Crippen LogP contribution in [0.2, 0.25) is 0 Å². The van der Waals surface area contributed by atoms with Gasteiger partial charge in [0.25, 0.3) is 5.91 Å². The van der Waals surface area contributed by atoms with Crippen molar-refractivity contribution in [2.45, 2.75) is 25.8 Å². The number of carbonyl (C=O) groups is 1. The van der Waals surface area contributed by atoms with E-state index in [0.29, 0.717) is 12.3 Å². The van der Waals surface area contributed by atoms with Crippen molar-refractivity contribution < 1.29 is 14.3 Å². The van der Waals surface area contributed by atoms with E-state index in [4.69, 9.17) is 14.5 Å². The van der Waals surface area contributed by atoms with Crippen LogP contribution in [-0.4, -0.2) is 52.1 Å². The van der Waals surface area contributed by atoms with E-state index < -0.39 is 0 Å². The molecular formula is C21H24N4O3. The van der Waals surface area contributed by atoms with Crippen LogP contribution in [0.5, 0.6) is 11.5 Å². The summed E-state index contributed by atoms with van der Waals surface area (Å²) in [5.74, 6) is 2.69. The van der Waals surface area contributed by atoms with Crippen LogP contribution in [0.4, 0.5) is 0 Å². The molecule has 7 heteroatoms.